The lowest BCUT2D eigenvalue weighted by atomic mass is 9.82. The fourth-order valence-corrected chi connectivity index (χ4v) is 1.63. The van der Waals surface area contributed by atoms with E-state index in [4.69, 9.17) is 7.85 Å². The van der Waals surface area contributed by atoms with Crippen LogP contribution in [0.2, 0.25) is 0 Å². The predicted octanol–water partition coefficient (Wildman–Crippen LogP) is 2.95. The minimum Gasteiger partial charge on any atom is -0.313 e. The van der Waals surface area contributed by atoms with Crippen molar-refractivity contribution in [3.05, 3.63) is 34.3 Å². The lowest BCUT2D eigenvalue weighted by Crippen LogP contribution is -2.25. The molecule has 0 bridgehead atoms. The Morgan fingerprint density at radius 1 is 1.20 bits per heavy atom. The summed E-state index contributed by atoms with van der Waals surface area (Å²) >= 11 is 0. The Kier molecular flexibility index (Phi) is 6.34. The molecular formula is C13H22BN. The second kappa shape index (κ2) is 6.68. The molecule has 2 heteroatoms. The van der Waals surface area contributed by atoms with E-state index in [1.54, 1.807) is 0 Å². The average Bonchev–Trinajstić information content (AvgIpc) is 2.27. The third kappa shape index (κ3) is 3.71. The van der Waals surface area contributed by atoms with Gasteiger partial charge in [-0.25, -0.2) is 0 Å². The summed E-state index contributed by atoms with van der Waals surface area (Å²) < 4.78 is 0. The maximum Gasteiger partial charge on any atom is 0.113 e. The fourth-order valence-electron chi connectivity index (χ4n) is 1.63. The van der Waals surface area contributed by atoms with Crippen molar-refractivity contribution in [1.29, 1.82) is 0 Å². The largest absolute Gasteiger partial charge is 0.313 e. The molecule has 0 aliphatic heterocycles. The number of rotatable bonds is 4. The lowest BCUT2D eigenvalue weighted by molar-refractivity contribution is 0.692. The smallest absolute Gasteiger partial charge is 0.113 e. The van der Waals surface area contributed by atoms with Gasteiger partial charge in [-0.05, 0) is 47.2 Å². The van der Waals surface area contributed by atoms with E-state index in [-0.39, 0.29) is 0 Å². The van der Waals surface area contributed by atoms with Crippen molar-refractivity contribution in [2.24, 2.45) is 0 Å². The summed E-state index contributed by atoms with van der Waals surface area (Å²) in [6, 6.07) is 0.319. The molecule has 0 aromatic heterocycles. The Labute approximate surface area is 95.8 Å². The first-order chi connectivity index (χ1) is 6.99. The minimum absolute atomic E-state index is 0.319. The molecule has 0 fully saturated rings. The third-order valence-electron chi connectivity index (χ3n) is 2.87. The summed E-state index contributed by atoms with van der Waals surface area (Å²) in [5.74, 6) is 0. The molecule has 0 amide bonds. The Bertz CT molecular complexity index is 298. The number of hydrogen-bond acceptors (Lipinski definition) is 1. The van der Waals surface area contributed by atoms with Gasteiger partial charge in [0.05, 0.1) is 0 Å². The van der Waals surface area contributed by atoms with E-state index in [1.165, 1.54) is 11.1 Å². The third-order valence-corrected chi connectivity index (χ3v) is 2.87. The van der Waals surface area contributed by atoms with Crippen LogP contribution in [0.5, 0.6) is 0 Å². The molecule has 0 heterocycles. The molecule has 0 aliphatic carbocycles. The molecule has 15 heavy (non-hydrogen) atoms. The van der Waals surface area contributed by atoms with Gasteiger partial charge in [0.15, 0.2) is 0 Å². The van der Waals surface area contributed by atoms with Gasteiger partial charge in [0.25, 0.3) is 0 Å². The van der Waals surface area contributed by atoms with Crippen LogP contribution in [-0.4, -0.2) is 20.9 Å². The minimum atomic E-state index is 0.319. The number of nitrogens with one attached hydrogen (secondary N) is 1. The Hall–Kier alpha value is -0.755. The zero-order valence-electron chi connectivity index (χ0n) is 10.8. The summed E-state index contributed by atoms with van der Waals surface area (Å²) in [6.07, 6.45) is 4.07. The van der Waals surface area contributed by atoms with Gasteiger partial charge >= 0.3 is 0 Å². The highest BCUT2D eigenvalue weighted by Crippen LogP contribution is 2.22. The second-order valence-electron chi connectivity index (χ2n) is 3.76. The molecule has 0 saturated carbocycles. The number of hydrogen-bond donors (Lipinski definition) is 1. The van der Waals surface area contributed by atoms with Gasteiger partial charge < -0.3 is 5.32 Å². The summed E-state index contributed by atoms with van der Waals surface area (Å²) in [7, 11) is 7.92. The van der Waals surface area contributed by atoms with E-state index < -0.39 is 0 Å². The topological polar surface area (TPSA) is 12.0 Å². The first kappa shape index (κ1) is 14.2. The van der Waals surface area contributed by atoms with Crippen LogP contribution in [0.1, 0.15) is 34.6 Å². The molecular weight excluding hydrogens is 181 g/mol. The summed E-state index contributed by atoms with van der Waals surface area (Å²) in [4.78, 5) is 0. The van der Waals surface area contributed by atoms with Gasteiger partial charge in [-0.15, -0.1) is 0 Å². The van der Waals surface area contributed by atoms with E-state index in [0.29, 0.717) is 6.04 Å². The van der Waals surface area contributed by atoms with Gasteiger partial charge in [-0.3, -0.25) is 0 Å². The second-order valence-corrected chi connectivity index (χ2v) is 3.76. The molecule has 0 aromatic rings. The van der Waals surface area contributed by atoms with Crippen LogP contribution in [0.25, 0.3) is 0 Å². The van der Waals surface area contributed by atoms with Crippen LogP contribution in [-0.2, 0) is 0 Å². The van der Waals surface area contributed by atoms with Crippen molar-refractivity contribution in [3.63, 3.8) is 0 Å². The van der Waals surface area contributed by atoms with Crippen LogP contribution in [0, 0.1) is 0 Å². The van der Waals surface area contributed by atoms with Crippen LogP contribution in [0.15, 0.2) is 34.3 Å². The summed E-state index contributed by atoms with van der Waals surface area (Å²) in [5, 5.41) is 3.26. The quantitative estimate of drug-likeness (QED) is 0.547. The molecule has 2 radical (unpaired) electrons. The number of likely N-dealkylation sites (N-methyl/N-ethyl adjacent to an activating group) is 1. The lowest BCUT2D eigenvalue weighted by Gasteiger charge is -2.20. The van der Waals surface area contributed by atoms with E-state index in [1.807, 2.05) is 20.0 Å². The van der Waals surface area contributed by atoms with Gasteiger partial charge in [-0.2, -0.15) is 0 Å². The first-order valence-electron chi connectivity index (χ1n) is 5.43. The molecule has 0 spiro atoms. The Morgan fingerprint density at radius 3 is 2.07 bits per heavy atom. The van der Waals surface area contributed by atoms with Gasteiger partial charge in [-0.1, -0.05) is 28.8 Å². The van der Waals surface area contributed by atoms with E-state index in [0.717, 1.165) is 11.0 Å². The van der Waals surface area contributed by atoms with Crippen LogP contribution >= 0.6 is 0 Å². The SMILES string of the molecule is [B]C(=C/C)/C(C)=C(/C(C)=C\C)C(C)NC. The number of allylic oxidation sites excluding steroid dienone is 4. The van der Waals surface area contributed by atoms with Crippen molar-refractivity contribution in [3.8, 4) is 0 Å². The van der Waals surface area contributed by atoms with Crippen molar-refractivity contribution in [2.45, 2.75) is 40.7 Å². The van der Waals surface area contributed by atoms with Crippen LogP contribution in [0.4, 0.5) is 0 Å². The zero-order valence-corrected chi connectivity index (χ0v) is 10.8. The highest BCUT2D eigenvalue weighted by atomic mass is 14.9. The Balaban J connectivity index is 5.45. The van der Waals surface area contributed by atoms with Gasteiger partial charge in [0.1, 0.15) is 7.85 Å². The van der Waals surface area contributed by atoms with Gasteiger partial charge in [0, 0.05) is 6.04 Å². The van der Waals surface area contributed by atoms with E-state index >= 15 is 0 Å². The zero-order chi connectivity index (χ0) is 12.0. The standard InChI is InChI=1S/C13H22BN/c1-7-9(3)13(11(5)15-6)10(4)12(14)8-2/h7-8,11,15H,1-6H3/b9-7-,12-8+,13-10-. The van der Waals surface area contributed by atoms with E-state index in [9.17, 15) is 0 Å². The van der Waals surface area contributed by atoms with Crippen molar-refractivity contribution in [2.75, 3.05) is 7.05 Å². The molecule has 0 rings (SSSR count). The maximum absolute atomic E-state index is 5.95. The van der Waals surface area contributed by atoms with Crippen molar-refractivity contribution >= 4 is 7.85 Å². The first-order valence-corrected chi connectivity index (χ1v) is 5.43. The van der Waals surface area contributed by atoms with Crippen LogP contribution in [0.3, 0.4) is 0 Å². The molecule has 0 saturated heterocycles. The maximum atomic E-state index is 5.95. The molecule has 82 valence electrons. The molecule has 1 atom stereocenters. The molecule has 0 aromatic carbocycles. The molecule has 1 nitrogen and oxygen atoms in total. The van der Waals surface area contributed by atoms with E-state index in [2.05, 4.69) is 39.1 Å². The Morgan fingerprint density at radius 2 is 1.73 bits per heavy atom. The van der Waals surface area contributed by atoms with Gasteiger partial charge in [0.2, 0.25) is 0 Å². The average molecular weight is 203 g/mol. The predicted molar refractivity (Wildman–Crippen MR) is 70.2 cm³/mol. The molecule has 0 aliphatic rings. The van der Waals surface area contributed by atoms with Crippen molar-refractivity contribution in [1.82, 2.24) is 5.32 Å². The normalized spacial score (nSPS) is 17.5. The van der Waals surface area contributed by atoms with Crippen LogP contribution < -0.4 is 5.32 Å². The molecule has 1 N–H and O–H groups in total. The monoisotopic (exact) mass is 203 g/mol. The highest BCUT2D eigenvalue weighted by Gasteiger charge is 2.11. The fraction of sp³-hybridized carbons (Fsp3) is 0.538. The summed E-state index contributed by atoms with van der Waals surface area (Å²) in [5.41, 5.74) is 4.58. The highest BCUT2D eigenvalue weighted by molar-refractivity contribution is 6.24. The summed E-state index contributed by atoms with van der Waals surface area (Å²) in [6.45, 7) is 10.4. The molecule has 1 unspecified atom stereocenters. The van der Waals surface area contributed by atoms with Crippen molar-refractivity contribution < 1.29 is 0 Å².